The Kier molecular flexibility index (Phi) is 3.90. The minimum atomic E-state index is 0.186. The minimum absolute atomic E-state index is 0.186. The Hall–Kier alpha value is -1.42. The number of rotatable bonds is 3. The summed E-state index contributed by atoms with van der Waals surface area (Å²) in [6.07, 6.45) is 0. The maximum Gasteiger partial charge on any atom is 0.144 e. The zero-order valence-electron chi connectivity index (χ0n) is 12.4. The molecule has 0 atom stereocenters. The van der Waals surface area contributed by atoms with Crippen molar-refractivity contribution < 1.29 is 4.74 Å². The number of nitrogen functional groups attached to an aromatic ring is 1. The van der Waals surface area contributed by atoms with E-state index in [9.17, 15) is 0 Å². The van der Waals surface area contributed by atoms with E-state index in [-0.39, 0.29) is 5.54 Å². The van der Waals surface area contributed by atoms with Gasteiger partial charge in [-0.2, -0.15) is 0 Å². The molecule has 2 N–H and O–H groups in total. The predicted molar refractivity (Wildman–Crippen MR) is 80.9 cm³/mol. The lowest BCUT2D eigenvalue weighted by atomic mass is 9.99. The molecular formula is C15H25N3O. The fourth-order valence-electron chi connectivity index (χ4n) is 2.46. The zero-order valence-corrected chi connectivity index (χ0v) is 12.4. The lowest BCUT2D eigenvalue weighted by Crippen LogP contribution is -2.57. The third-order valence-electron chi connectivity index (χ3n) is 3.98. The van der Waals surface area contributed by atoms with Crippen LogP contribution in [0.15, 0.2) is 18.2 Å². The van der Waals surface area contributed by atoms with Crippen LogP contribution in [0.1, 0.15) is 20.8 Å². The first-order chi connectivity index (χ1) is 8.94. The van der Waals surface area contributed by atoms with E-state index in [2.05, 4.69) is 42.8 Å². The molecule has 1 aromatic carbocycles. The molecule has 0 bridgehead atoms. The highest BCUT2D eigenvalue weighted by atomic mass is 16.5. The Morgan fingerprint density at radius 2 is 2.05 bits per heavy atom. The van der Waals surface area contributed by atoms with Crippen molar-refractivity contribution in [1.82, 2.24) is 4.90 Å². The van der Waals surface area contributed by atoms with Gasteiger partial charge in [0.25, 0.3) is 0 Å². The van der Waals surface area contributed by atoms with Gasteiger partial charge in [0.15, 0.2) is 0 Å². The third kappa shape index (κ3) is 2.95. The molecule has 4 nitrogen and oxygen atoms in total. The van der Waals surface area contributed by atoms with Gasteiger partial charge < -0.3 is 15.4 Å². The average molecular weight is 263 g/mol. The van der Waals surface area contributed by atoms with Gasteiger partial charge in [0.2, 0.25) is 0 Å². The van der Waals surface area contributed by atoms with E-state index in [0.717, 1.165) is 25.4 Å². The molecule has 0 saturated carbocycles. The van der Waals surface area contributed by atoms with Gasteiger partial charge in [-0.3, -0.25) is 4.90 Å². The van der Waals surface area contributed by atoms with E-state index in [4.69, 9.17) is 10.5 Å². The van der Waals surface area contributed by atoms with Crippen LogP contribution < -0.4 is 15.4 Å². The van der Waals surface area contributed by atoms with E-state index >= 15 is 0 Å². The third-order valence-corrected chi connectivity index (χ3v) is 3.98. The molecule has 0 aromatic heterocycles. The fourth-order valence-corrected chi connectivity index (χ4v) is 2.46. The summed E-state index contributed by atoms with van der Waals surface area (Å²) in [5.41, 5.74) is 8.02. The Balaban J connectivity index is 2.20. The van der Waals surface area contributed by atoms with Crippen molar-refractivity contribution in [2.24, 2.45) is 0 Å². The normalized spacial score (nSPS) is 19.5. The number of hydrogen-bond acceptors (Lipinski definition) is 4. The average Bonchev–Trinajstić information content (AvgIpc) is 2.36. The second kappa shape index (κ2) is 5.29. The molecule has 19 heavy (non-hydrogen) atoms. The largest absolute Gasteiger partial charge is 0.492 e. The smallest absolute Gasteiger partial charge is 0.144 e. The number of ether oxygens (including phenoxy) is 1. The molecule has 1 aliphatic rings. The standard InChI is InChI=1S/C15H25N3O/c1-5-19-14-10-12(6-7-13(14)16)18-9-8-17(4)15(2,3)11-18/h6-7,10H,5,8-9,11,16H2,1-4H3. The highest BCUT2D eigenvalue weighted by molar-refractivity contribution is 5.62. The molecule has 1 saturated heterocycles. The topological polar surface area (TPSA) is 41.7 Å². The van der Waals surface area contributed by atoms with E-state index in [0.29, 0.717) is 12.3 Å². The number of nitrogens with zero attached hydrogens (tertiary/aromatic N) is 2. The second-order valence-corrected chi connectivity index (χ2v) is 5.81. The summed E-state index contributed by atoms with van der Waals surface area (Å²) in [6.45, 7) is 10.3. The summed E-state index contributed by atoms with van der Waals surface area (Å²) in [7, 11) is 2.19. The molecule has 1 fully saturated rings. The molecule has 0 amide bonds. The van der Waals surface area contributed by atoms with E-state index in [1.165, 1.54) is 5.69 Å². The highest BCUT2D eigenvalue weighted by Crippen LogP contribution is 2.30. The summed E-state index contributed by atoms with van der Waals surface area (Å²) in [5, 5.41) is 0. The SMILES string of the molecule is CCOc1cc(N2CCN(C)C(C)(C)C2)ccc1N. The van der Waals surface area contributed by atoms with Gasteiger partial charge in [0.05, 0.1) is 12.3 Å². The minimum Gasteiger partial charge on any atom is -0.492 e. The van der Waals surface area contributed by atoms with Crippen molar-refractivity contribution >= 4 is 11.4 Å². The van der Waals surface area contributed by atoms with Gasteiger partial charge in [-0.25, -0.2) is 0 Å². The molecule has 1 aromatic rings. The fraction of sp³-hybridized carbons (Fsp3) is 0.600. The van der Waals surface area contributed by atoms with Crippen LogP contribution in [0.3, 0.4) is 0 Å². The summed E-state index contributed by atoms with van der Waals surface area (Å²) in [6, 6.07) is 6.07. The van der Waals surface area contributed by atoms with Crippen LogP contribution in [0, 0.1) is 0 Å². The molecule has 1 aliphatic heterocycles. The Morgan fingerprint density at radius 1 is 1.32 bits per heavy atom. The first-order valence-corrected chi connectivity index (χ1v) is 6.92. The molecular weight excluding hydrogens is 238 g/mol. The van der Waals surface area contributed by atoms with Gasteiger partial charge >= 0.3 is 0 Å². The summed E-state index contributed by atoms with van der Waals surface area (Å²) < 4.78 is 5.58. The van der Waals surface area contributed by atoms with Crippen LogP contribution in [0.25, 0.3) is 0 Å². The van der Waals surface area contributed by atoms with Crippen LogP contribution in [-0.2, 0) is 0 Å². The monoisotopic (exact) mass is 263 g/mol. The van der Waals surface area contributed by atoms with Crippen LogP contribution in [0.4, 0.5) is 11.4 Å². The lowest BCUT2D eigenvalue weighted by molar-refractivity contribution is 0.139. The van der Waals surface area contributed by atoms with Crippen molar-refractivity contribution in [3.8, 4) is 5.75 Å². The van der Waals surface area contributed by atoms with Crippen LogP contribution in [0.2, 0.25) is 0 Å². The first-order valence-electron chi connectivity index (χ1n) is 6.92. The number of hydrogen-bond donors (Lipinski definition) is 1. The number of anilines is 2. The van der Waals surface area contributed by atoms with E-state index in [1.54, 1.807) is 0 Å². The van der Waals surface area contributed by atoms with Crippen molar-refractivity contribution in [1.29, 1.82) is 0 Å². The van der Waals surface area contributed by atoms with E-state index < -0.39 is 0 Å². The summed E-state index contributed by atoms with van der Waals surface area (Å²) >= 11 is 0. The molecule has 0 aliphatic carbocycles. The molecule has 0 radical (unpaired) electrons. The molecule has 0 unspecified atom stereocenters. The van der Waals surface area contributed by atoms with Crippen molar-refractivity contribution in [2.75, 3.05) is 43.9 Å². The van der Waals surface area contributed by atoms with Crippen LogP contribution >= 0.6 is 0 Å². The maximum absolute atomic E-state index is 5.93. The second-order valence-electron chi connectivity index (χ2n) is 5.81. The van der Waals surface area contributed by atoms with Crippen molar-refractivity contribution in [3.05, 3.63) is 18.2 Å². The molecule has 106 valence electrons. The summed E-state index contributed by atoms with van der Waals surface area (Å²) in [5.74, 6) is 0.789. The Bertz CT molecular complexity index is 445. The van der Waals surface area contributed by atoms with Gasteiger partial charge in [-0.1, -0.05) is 0 Å². The quantitative estimate of drug-likeness (QED) is 0.849. The molecule has 0 spiro atoms. The molecule has 1 heterocycles. The Labute approximate surface area is 116 Å². The van der Waals surface area contributed by atoms with Crippen LogP contribution in [0.5, 0.6) is 5.75 Å². The first kappa shape index (κ1) is 14.0. The van der Waals surface area contributed by atoms with Gasteiger partial charge in [0, 0.05) is 36.9 Å². The lowest BCUT2D eigenvalue weighted by Gasteiger charge is -2.46. The van der Waals surface area contributed by atoms with Crippen LogP contribution in [-0.4, -0.2) is 43.7 Å². The summed E-state index contributed by atoms with van der Waals surface area (Å²) in [4.78, 5) is 4.81. The number of benzene rings is 1. The number of likely N-dealkylation sites (N-methyl/N-ethyl adjacent to an activating group) is 1. The Morgan fingerprint density at radius 3 is 2.68 bits per heavy atom. The van der Waals surface area contributed by atoms with Crippen molar-refractivity contribution in [2.45, 2.75) is 26.3 Å². The van der Waals surface area contributed by atoms with E-state index in [1.807, 2.05) is 13.0 Å². The molecule has 4 heteroatoms. The van der Waals surface area contributed by atoms with Gasteiger partial charge in [0.1, 0.15) is 5.75 Å². The van der Waals surface area contributed by atoms with Gasteiger partial charge in [-0.05, 0) is 40.0 Å². The highest BCUT2D eigenvalue weighted by Gasteiger charge is 2.31. The zero-order chi connectivity index (χ0) is 14.0. The van der Waals surface area contributed by atoms with Gasteiger partial charge in [-0.15, -0.1) is 0 Å². The van der Waals surface area contributed by atoms with Crippen molar-refractivity contribution in [3.63, 3.8) is 0 Å². The predicted octanol–water partition coefficient (Wildman–Crippen LogP) is 2.20. The number of nitrogens with two attached hydrogens (primary N) is 1. The maximum atomic E-state index is 5.93. The molecule has 2 rings (SSSR count). The number of piperazine rings is 1.